The van der Waals surface area contributed by atoms with Crippen LogP contribution in [0.15, 0.2) is 36.7 Å². The minimum Gasteiger partial charge on any atom is -1.00 e. The lowest BCUT2D eigenvalue weighted by atomic mass is 9.88. The predicted molar refractivity (Wildman–Crippen MR) is 170 cm³/mol. The van der Waals surface area contributed by atoms with E-state index in [1.165, 1.54) is 33.7 Å². The van der Waals surface area contributed by atoms with Crippen LogP contribution in [0, 0.1) is 5.82 Å². The Balaban J connectivity index is 0.00000605. The maximum Gasteiger partial charge on any atom is 0.339 e. The van der Waals surface area contributed by atoms with Crippen LogP contribution in [0.1, 0.15) is 66.1 Å². The van der Waals surface area contributed by atoms with Gasteiger partial charge < -0.3 is 45.4 Å². The second kappa shape index (κ2) is 16.1. The molecule has 1 aliphatic rings. The lowest BCUT2D eigenvalue weighted by Crippen LogP contribution is -3.00. The highest BCUT2D eigenvalue weighted by Gasteiger charge is 2.58. The summed E-state index contributed by atoms with van der Waals surface area (Å²) in [5, 5.41) is 13.7. The van der Waals surface area contributed by atoms with Gasteiger partial charge in [0.2, 0.25) is 6.10 Å². The number of aryl methyl sites for hydroxylation is 1. The van der Waals surface area contributed by atoms with Gasteiger partial charge in [0.1, 0.15) is 18.8 Å². The molecule has 0 aliphatic carbocycles. The van der Waals surface area contributed by atoms with Crippen molar-refractivity contribution in [2.24, 2.45) is 0 Å². The van der Waals surface area contributed by atoms with Gasteiger partial charge in [0.25, 0.3) is 17.9 Å². The highest BCUT2D eigenvalue weighted by Crippen LogP contribution is 2.36. The first kappa shape index (κ1) is 39.7. The fourth-order valence-electron chi connectivity index (χ4n) is 5.69. The van der Waals surface area contributed by atoms with E-state index in [2.05, 4.69) is 10.1 Å². The summed E-state index contributed by atoms with van der Waals surface area (Å²) in [7, 11) is 1.09. The summed E-state index contributed by atoms with van der Waals surface area (Å²) in [6.07, 6.45) is -6.60. The normalized spacial score (nSPS) is 20.1. The molecule has 3 aromatic heterocycles. The van der Waals surface area contributed by atoms with Crippen molar-refractivity contribution in [3.8, 4) is 17.3 Å². The maximum atomic E-state index is 15.5. The zero-order chi connectivity index (χ0) is 37.2. The van der Waals surface area contributed by atoms with E-state index >= 15 is 4.39 Å². The third-order valence-electron chi connectivity index (χ3n) is 7.90. The van der Waals surface area contributed by atoms with E-state index in [0.29, 0.717) is 17.9 Å². The van der Waals surface area contributed by atoms with E-state index in [-0.39, 0.29) is 46.5 Å². The van der Waals surface area contributed by atoms with Crippen LogP contribution in [0.5, 0.6) is 5.88 Å². The molecule has 4 heterocycles. The summed E-state index contributed by atoms with van der Waals surface area (Å²) in [6, 6.07) is 7.52. The molecule has 0 amide bonds. The van der Waals surface area contributed by atoms with Crippen LogP contribution in [0.4, 0.5) is 4.39 Å². The number of nitrogens with zero attached hydrogens (tertiary/aromatic N) is 7. The van der Waals surface area contributed by atoms with Gasteiger partial charge in [-0.05, 0) is 34.7 Å². The Kier molecular flexibility index (Phi) is 12.3. The van der Waals surface area contributed by atoms with E-state index in [1.807, 2.05) is 27.7 Å². The number of esters is 4. The molecule has 52 heavy (non-hydrogen) atoms. The van der Waals surface area contributed by atoms with Crippen LogP contribution in [-0.4, -0.2) is 84.9 Å². The summed E-state index contributed by atoms with van der Waals surface area (Å²) in [5.74, 6) is -3.47. The van der Waals surface area contributed by atoms with Crippen molar-refractivity contribution in [1.82, 2.24) is 29.5 Å². The van der Waals surface area contributed by atoms with Crippen LogP contribution in [0.3, 0.4) is 0 Å². The number of methoxy groups -OCH3 is 1. The molecule has 0 bridgehead atoms. The van der Waals surface area contributed by atoms with Crippen molar-refractivity contribution in [3.63, 3.8) is 0 Å². The number of carbonyl (C=O) groups is 4. The Morgan fingerprint density at radius 1 is 0.981 bits per heavy atom. The fourth-order valence-corrected chi connectivity index (χ4v) is 5.69. The zero-order valence-corrected chi connectivity index (χ0v) is 31.3. The topological polar surface area (TPSA) is 188 Å². The molecule has 1 aromatic carbocycles. The molecule has 5 atom stereocenters. The van der Waals surface area contributed by atoms with E-state index in [0.717, 1.165) is 27.9 Å². The minimum absolute atomic E-state index is 0. The van der Waals surface area contributed by atoms with Gasteiger partial charge in [0.05, 0.1) is 12.7 Å². The molecule has 19 heteroatoms. The van der Waals surface area contributed by atoms with Gasteiger partial charge in [0, 0.05) is 38.9 Å². The standard InChI is InChI=1S/C33H39FN7O10.BrH/c1-9-39-23(35-16-36-39)15-47-30-21(33(5,6)7)14-24-40(38-30)29(20-12-10-11-13-22(20)34)37-41(24)31-27(50-19(4)44)25(48-17(2)42)26(49-18(3)43)28(51-31)32(45)46-8;/h10-14,16,25-28,31H,9,15H2,1-8H3;1H/q+1;/p-1/t25-,26-,27+,28-,31+;/m0./s1. The molecule has 0 saturated carbocycles. The van der Waals surface area contributed by atoms with E-state index in [9.17, 15) is 19.2 Å². The third-order valence-corrected chi connectivity index (χ3v) is 7.90. The number of hydrogen-bond donors (Lipinski definition) is 0. The Bertz CT molecular complexity index is 1960. The first-order chi connectivity index (χ1) is 24.1. The van der Waals surface area contributed by atoms with Crippen molar-refractivity contribution in [1.29, 1.82) is 0 Å². The molecular weight excluding hydrogens is 753 g/mol. The largest absolute Gasteiger partial charge is 1.00 e. The molecule has 1 saturated heterocycles. The lowest BCUT2D eigenvalue weighted by Gasteiger charge is -2.41. The molecule has 5 rings (SSSR count). The number of carbonyl (C=O) groups excluding carboxylic acids is 4. The molecule has 280 valence electrons. The molecule has 1 fully saturated rings. The average Bonchev–Trinajstić information content (AvgIpc) is 3.68. The summed E-state index contributed by atoms with van der Waals surface area (Å²) >= 11 is 0. The van der Waals surface area contributed by atoms with E-state index in [1.54, 1.807) is 16.8 Å². The first-order valence-electron chi connectivity index (χ1n) is 16.0. The number of fused-ring (bicyclic) bond motifs is 1. The van der Waals surface area contributed by atoms with Crippen molar-refractivity contribution >= 4 is 29.5 Å². The number of ether oxygens (including phenoxy) is 6. The molecule has 17 nitrogen and oxygen atoms in total. The smallest absolute Gasteiger partial charge is 0.339 e. The fraction of sp³-hybridized carbons (Fsp3) is 0.485. The highest BCUT2D eigenvalue weighted by molar-refractivity contribution is 5.77. The van der Waals surface area contributed by atoms with Crippen LogP contribution < -0.4 is 26.4 Å². The van der Waals surface area contributed by atoms with Gasteiger partial charge in [-0.2, -0.15) is 5.10 Å². The Morgan fingerprint density at radius 2 is 1.62 bits per heavy atom. The summed E-state index contributed by atoms with van der Waals surface area (Å²) in [6.45, 7) is 11.5. The summed E-state index contributed by atoms with van der Waals surface area (Å²) in [5.41, 5.74) is 0.156. The second-order valence-electron chi connectivity index (χ2n) is 12.6. The Morgan fingerprint density at radius 3 is 2.21 bits per heavy atom. The van der Waals surface area contributed by atoms with E-state index < -0.39 is 65.8 Å². The number of benzene rings is 1. The second-order valence-corrected chi connectivity index (χ2v) is 12.6. The highest BCUT2D eigenvalue weighted by atomic mass is 79.9. The number of rotatable bonds is 10. The molecule has 0 radical (unpaired) electrons. The zero-order valence-electron chi connectivity index (χ0n) is 29.7. The predicted octanol–water partition coefficient (Wildman–Crippen LogP) is -0.820. The molecule has 4 aromatic rings. The quantitative estimate of drug-likeness (QED) is 0.110. The molecule has 0 spiro atoms. The first-order valence-corrected chi connectivity index (χ1v) is 16.0. The van der Waals surface area contributed by atoms with Gasteiger partial charge in [-0.1, -0.05) is 42.1 Å². The van der Waals surface area contributed by atoms with Crippen molar-refractivity contribution in [3.05, 3.63) is 53.9 Å². The van der Waals surface area contributed by atoms with Crippen LogP contribution >= 0.6 is 0 Å². The SMILES string of the molecule is CCn1ncnc1COc1nn2c(-c3ccccc3F)n[n+]([C@@H]3O[C@H](C(=O)OC)[C@@H](OC(C)=O)[C@H](OC(C)=O)[C@H]3OC(C)=O)c2cc1C(C)(C)C.[Br-]. The van der Waals surface area contributed by atoms with Gasteiger partial charge in [-0.15, -0.1) is 0 Å². The monoisotopic (exact) mass is 791 g/mol. The Hall–Kier alpha value is -5.04. The van der Waals surface area contributed by atoms with Gasteiger partial charge in [-0.25, -0.2) is 18.9 Å². The third kappa shape index (κ3) is 8.20. The summed E-state index contributed by atoms with van der Waals surface area (Å²) < 4.78 is 53.7. The molecule has 1 aliphatic heterocycles. The van der Waals surface area contributed by atoms with Crippen LogP contribution in [0.2, 0.25) is 0 Å². The number of hydrogen-bond acceptors (Lipinski definition) is 14. The van der Waals surface area contributed by atoms with Crippen molar-refractivity contribution in [2.45, 2.75) is 97.7 Å². The maximum absolute atomic E-state index is 15.5. The Labute approximate surface area is 308 Å². The molecule has 0 N–H and O–H groups in total. The molecular formula is C33H39BrFN7O10. The van der Waals surface area contributed by atoms with Crippen LogP contribution in [0.25, 0.3) is 17.0 Å². The molecule has 0 unspecified atom stereocenters. The van der Waals surface area contributed by atoms with Gasteiger partial charge in [0.15, 0.2) is 24.1 Å². The number of aromatic nitrogens is 7. The average molecular weight is 793 g/mol. The minimum atomic E-state index is -1.70. The van der Waals surface area contributed by atoms with Crippen molar-refractivity contribution in [2.75, 3.05) is 7.11 Å². The van der Waals surface area contributed by atoms with Gasteiger partial charge in [-0.3, -0.25) is 14.4 Å². The van der Waals surface area contributed by atoms with E-state index in [4.69, 9.17) is 38.6 Å². The lowest BCUT2D eigenvalue weighted by molar-refractivity contribution is -0.801. The van der Waals surface area contributed by atoms with Crippen LogP contribution in [-0.2, 0) is 61.4 Å². The van der Waals surface area contributed by atoms with Crippen molar-refractivity contribution < 1.29 is 73.7 Å². The summed E-state index contributed by atoms with van der Waals surface area (Å²) in [4.78, 5) is 54.6. The number of halogens is 2. The van der Waals surface area contributed by atoms with Gasteiger partial charge >= 0.3 is 29.5 Å².